The number of methoxy groups -OCH3 is 1. The SMILES string of the molecule is COc1ccc(Cl)cc1Nc1ccnc(Nc2cccc(NC(C)=O)c2)n1. The molecule has 7 nitrogen and oxygen atoms in total. The summed E-state index contributed by atoms with van der Waals surface area (Å²) in [5.41, 5.74) is 2.13. The van der Waals surface area contributed by atoms with Gasteiger partial charge in [-0.15, -0.1) is 0 Å². The summed E-state index contributed by atoms with van der Waals surface area (Å²) < 4.78 is 5.33. The average Bonchev–Trinajstić information content (AvgIpc) is 2.62. The van der Waals surface area contributed by atoms with Crippen LogP contribution >= 0.6 is 11.6 Å². The number of carbonyl (C=O) groups excluding carboxylic acids is 1. The van der Waals surface area contributed by atoms with E-state index in [2.05, 4.69) is 25.9 Å². The van der Waals surface area contributed by atoms with Gasteiger partial charge in [0.2, 0.25) is 11.9 Å². The smallest absolute Gasteiger partial charge is 0.229 e. The zero-order valence-corrected chi connectivity index (χ0v) is 15.5. The molecule has 0 aliphatic heterocycles. The Kier molecular flexibility index (Phi) is 5.73. The standard InChI is InChI=1S/C19H18ClN5O2/c1-12(26)22-14-4-3-5-15(11-14)23-19-21-9-8-18(25-19)24-16-10-13(20)6-7-17(16)27-2/h3-11H,1-2H3,(H,22,26)(H2,21,23,24,25). The maximum absolute atomic E-state index is 11.2. The lowest BCUT2D eigenvalue weighted by molar-refractivity contribution is -0.114. The molecule has 3 rings (SSSR count). The molecule has 0 saturated carbocycles. The molecule has 0 radical (unpaired) electrons. The van der Waals surface area contributed by atoms with Crippen molar-refractivity contribution in [1.82, 2.24) is 9.97 Å². The molecule has 0 spiro atoms. The highest BCUT2D eigenvalue weighted by atomic mass is 35.5. The van der Waals surface area contributed by atoms with Gasteiger partial charge < -0.3 is 20.7 Å². The van der Waals surface area contributed by atoms with Crippen molar-refractivity contribution >= 4 is 46.3 Å². The first-order valence-electron chi connectivity index (χ1n) is 8.12. The van der Waals surface area contributed by atoms with Crippen molar-refractivity contribution in [2.24, 2.45) is 0 Å². The number of amides is 1. The highest BCUT2D eigenvalue weighted by Crippen LogP contribution is 2.30. The van der Waals surface area contributed by atoms with E-state index in [-0.39, 0.29) is 5.91 Å². The van der Waals surface area contributed by atoms with E-state index >= 15 is 0 Å². The number of nitrogens with one attached hydrogen (secondary N) is 3. The Labute approximate surface area is 161 Å². The first-order chi connectivity index (χ1) is 13.0. The van der Waals surface area contributed by atoms with Crippen LogP contribution in [0.2, 0.25) is 5.02 Å². The van der Waals surface area contributed by atoms with Gasteiger partial charge in [-0.3, -0.25) is 4.79 Å². The average molecular weight is 384 g/mol. The third-order valence-electron chi connectivity index (χ3n) is 3.52. The van der Waals surface area contributed by atoms with Gasteiger partial charge in [-0.25, -0.2) is 4.98 Å². The molecule has 0 bridgehead atoms. The molecular formula is C19H18ClN5O2. The number of anilines is 5. The fraction of sp³-hybridized carbons (Fsp3) is 0.105. The molecule has 0 atom stereocenters. The van der Waals surface area contributed by atoms with Crippen LogP contribution in [0.15, 0.2) is 54.7 Å². The highest BCUT2D eigenvalue weighted by molar-refractivity contribution is 6.31. The van der Waals surface area contributed by atoms with Crippen molar-refractivity contribution in [3.63, 3.8) is 0 Å². The Bertz CT molecular complexity index is 964. The fourth-order valence-electron chi connectivity index (χ4n) is 2.41. The lowest BCUT2D eigenvalue weighted by Gasteiger charge is -2.12. The molecule has 3 N–H and O–H groups in total. The molecule has 8 heteroatoms. The predicted molar refractivity (Wildman–Crippen MR) is 107 cm³/mol. The number of nitrogens with zero attached hydrogens (tertiary/aromatic N) is 2. The van der Waals surface area contributed by atoms with Crippen molar-refractivity contribution in [2.75, 3.05) is 23.1 Å². The summed E-state index contributed by atoms with van der Waals surface area (Å²) >= 11 is 6.06. The quantitative estimate of drug-likeness (QED) is 0.577. The van der Waals surface area contributed by atoms with Crippen LogP contribution in [0.25, 0.3) is 0 Å². The molecule has 1 aromatic heterocycles. The minimum Gasteiger partial charge on any atom is -0.495 e. The second-order valence-corrected chi connectivity index (χ2v) is 6.06. The van der Waals surface area contributed by atoms with E-state index in [0.717, 1.165) is 5.69 Å². The number of hydrogen-bond donors (Lipinski definition) is 3. The summed E-state index contributed by atoms with van der Waals surface area (Å²) in [5, 5.41) is 9.60. The first kappa shape index (κ1) is 18.5. The van der Waals surface area contributed by atoms with E-state index in [9.17, 15) is 4.79 Å². The number of rotatable bonds is 6. The van der Waals surface area contributed by atoms with Gasteiger partial charge in [0, 0.05) is 29.5 Å². The van der Waals surface area contributed by atoms with Crippen molar-refractivity contribution in [3.8, 4) is 5.75 Å². The van der Waals surface area contributed by atoms with Crippen molar-refractivity contribution in [1.29, 1.82) is 0 Å². The molecule has 0 unspecified atom stereocenters. The van der Waals surface area contributed by atoms with Gasteiger partial charge in [0.1, 0.15) is 11.6 Å². The van der Waals surface area contributed by atoms with Crippen LogP contribution in [-0.2, 0) is 4.79 Å². The van der Waals surface area contributed by atoms with Crippen LogP contribution < -0.4 is 20.7 Å². The van der Waals surface area contributed by atoms with Crippen LogP contribution in [0.4, 0.5) is 28.8 Å². The van der Waals surface area contributed by atoms with Gasteiger partial charge in [-0.1, -0.05) is 17.7 Å². The largest absolute Gasteiger partial charge is 0.495 e. The fourth-order valence-corrected chi connectivity index (χ4v) is 2.58. The Morgan fingerprint density at radius 1 is 1.07 bits per heavy atom. The topological polar surface area (TPSA) is 88.2 Å². The van der Waals surface area contributed by atoms with E-state index in [0.29, 0.717) is 33.9 Å². The normalized spacial score (nSPS) is 10.2. The van der Waals surface area contributed by atoms with Gasteiger partial charge in [0.05, 0.1) is 12.8 Å². The van der Waals surface area contributed by atoms with E-state index in [1.54, 1.807) is 49.7 Å². The monoisotopic (exact) mass is 383 g/mol. The minimum atomic E-state index is -0.134. The number of halogens is 1. The van der Waals surface area contributed by atoms with E-state index < -0.39 is 0 Å². The molecular weight excluding hydrogens is 366 g/mol. The number of ether oxygens (including phenoxy) is 1. The molecule has 27 heavy (non-hydrogen) atoms. The second kappa shape index (κ2) is 8.37. The lowest BCUT2D eigenvalue weighted by Crippen LogP contribution is -2.06. The zero-order chi connectivity index (χ0) is 19.2. The maximum Gasteiger partial charge on any atom is 0.229 e. The molecule has 138 valence electrons. The first-order valence-corrected chi connectivity index (χ1v) is 8.49. The van der Waals surface area contributed by atoms with E-state index in [4.69, 9.17) is 16.3 Å². The Morgan fingerprint density at radius 2 is 1.89 bits per heavy atom. The molecule has 3 aromatic rings. The second-order valence-electron chi connectivity index (χ2n) is 5.62. The summed E-state index contributed by atoms with van der Waals surface area (Å²) in [7, 11) is 1.59. The lowest BCUT2D eigenvalue weighted by atomic mass is 10.2. The summed E-state index contributed by atoms with van der Waals surface area (Å²) in [6, 6.07) is 14.3. The summed E-state index contributed by atoms with van der Waals surface area (Å²) in [4.78, 5) is 19.9. The van der Waals surface area contributed by atoms with Crippen LogP contribution in [0.5, 0.6) is 5.75 Å². The zero-order valence-electron chi connectivity index (χ0n) is 14.8. The van der Waals surface area contributed by atoms with Gasteiger partial charge >= 0.3 is 0 Å². The number of hydrogen-bond acceptors (Lipinski definition) is 6. The van der Waals surface area contributed by atoms with Crippen molar-refractivity contribution < 1.29 is 9.53 Å². The van der Waals surface area contributed by atoms with Crippen molar-refractivity contribution in [2.45, 2.75) is 6.92 Å². The van der Waals surface area contributed by atoms with E-state index in [1.165, 1.54) is 6.92 Å². The van der Waals surface area contributed by atoms with Crippen LogP contribution in [-0.4, -0.2) is 23.0 Å². The van der Waals surface area contributed by atoms with Crippen LogP contribution in [0.1, 0.15) is 6.92 Å². The Balaban J connectivity index is 1.78. The van der Waals surface area contributed by atoms with Gasteiger partial charge in [-0.2, -0.15) is 4.98 Å². The molecule has 2 aromatic carbocycles. The molecule has 1 heterocycles. The van der Waals surface area contributed by atoms with Crippen molar-refractivity contribution in [3.05, 3.63) is 59.8 Å². The summed E-state index contributed by atoms with van der Waals surface area (Å²) in [5.74, 6) is 1.49. The van der Waals surface area contributed by atoms with Gasteiger partial charge in [0.25, 0.3) is 0 Å². The Morgan fingerprint density at radius 3 is 2.67 bits per heavy atom. The number of carbonyl (C=O) groups is 1. The van der Waals surface area contributed by atoms with Crippen LogP contribution in [0.3, 0.4) is 0 Å². The predicted octanol–water partition coefficient (Wildman–Crippen LogP) is 4.58. The highest BCUT2D eigenvalue weighted by Gasteiger charge is 2.07. The third kappa shape index (κ3) is 5.08. The number of benzene rings is 2. The Hall–Kier alpha value is -3.32. The third-order valence-corrected chi connectivity index (χ3v) is 3.75. The maximum atomic E-state index is 11.2. The summed E-state index contributed by atoms with van der Waals surface area (Å²) in [6.45, 7) is 1.46. The van der Waals surface area contributed by atoms with Gasteiger partial charge in [0.15, 0.2) is 0 Å². The number of aromatic nitrogens is 2. The molecule has 1 amide bonds. The van der Waals surface area contributed by atoms with Crippen LogP contribution in [0, 0.1) is 0 Å². The van der Waals surface area contributed by atoms with Gasteiger partial charge in [-0.05, 0) is 42.5 Å². The van der Waals surface area contributed by atoms with E-state index in [1.807, 2.05) is 12.1 Å². The summed E-state index contributed by atoms with van der Waals surface area (Å²) in [6.07, 6.45) is 1.63. The molecule has 0 aliphatic carbocycles. The molecule has 0 saturated heterocycles. The molecule has 0 fully saturated rings. The minimum absolute atomic E-state index is 0.134. The molecule has 0 aliphatic rings.